The fraction of sp³-hybridized carbons (Fsp3) is 0.929. The van der Waals surface area contributed by atoms with Crippen LogP contribution in [0.25, 0.3) is 0 Å². The van der Waals surface area contributed by atoms with Crippen molar-refractivity contribution in [3.8, 4) is 6.07 Å². The Morgan fingerprint density at radius 2 is 2.06 bits per heavy atom. The molecule has 0 bridgehead atoms. The van der Waals surface area contributed by atoms with Gasteiger partial charge in [0.15, 0.2) is 0 Å². The zero-order valence-corrected chi connectivity index (χ0v) is 10.8. The van der Waals surface area contributed by atoms with Gasteiger partial charge in [0.2, 0.25) is 0 Å². The van der Waals surface area contributed by atoms with E-state index < -0.39 is 11.0 Å². The van der Waals surface area contributed by atoms with Crippen molar-refractivity contribution in [1.82, 2.24) is 5.32 Å². The van der Waals surface area contributed by atoms with Crippen LogP contribution in [-0.4, -0.2) is 23.8 Å². The van der Waals surface area contributed by atoms with Gasteiger partial charge in [0, 0.05) is 6.54 Å². The van der Waals surface area contributed by atoms with Gasteiger partial charge in [-0.25, -0.2) is 0 Å². The Morgan fingerprint density at radius 1 is 1.35 bits per heavy atom. The van der Waals surface area contributed by atoms with E-state index in [2.05, 4.69) is 18.3 Å². The standard InChI is InChI=1S/C14H24N2O/c1-2-12-4-7-13(10-15,8-5-12)14(17)6-3-9-16-11-14/h12,16-17H,2-9,11H2,1H3. The van der Waals surface area contributed by atoms with Crippen molar-refractivity contribution in [1.29, 1.82) is 5.26 Å². The van der Waals surface area contributed by atoms with Crippen LogP contribution in [-0.2, 0) is 0 Å². The summed E-state index contributed by atoms with van der Waals surface area (Å²) in [6.45, 7) is 3.79. The molecule has 1 atom stereocenters. The van der Waals surface area contributed by atoms with Gasteiger partial charge in [-0.1, -0.05) is 13.3 Å². The minimum atomic E-state index is -0.793. The summed E-state index contributed by atoms with van der Waals surface area (Å²) >= 11 is 0. The van der Waals surface area contributed by atoms with E-state index >= 15 is 0 Å². The van der Waals surface area contributed by atoms with Crippen LogP contribution in [0.15, 0.2) is 0 Å². The van der Waals surface area contributed by atoms with Crippen LogP contribution in [0.1, 0.15) is 51.9 Å². The first-order valence-electron chi connectivity index (χ1n) is 7.00. The number of nitrogens with one attached hydrogen (secondary N) is 1. The first-order chi connectivity index (χ1) is 8.16. The fourth-order valence-corrected chi connectivity index (χ4v) is 3.56. The molecule has 3 nitrogen and oxygen atoms in total. The third-order valence-corrected chi connectivity index (χ3v) is 5.00. The summed E-state index contributed by atoms with van der Waals surface area (Å²) in [4.78, 5) is 0. The summed E-state index contributed by atoms with van der Waals surface area (Å²) in [5.41, 5.74) is -1.29. The molecule has 0 radical (unpaired) electrons. The molecule has 2 fully saturated rings. The lowest BCUT2D eigenvalue weighted by atomic mass is 9.60. The van der Waals surface area contributed by atoms with Crippen molar-refractivity contribution in [2.75, 3.05) is 13.1 Å². The molecule has 0 aromatic carbocycles. The maximum Gasteiger partial charge on any atom is 0.0957 e. The Labute approximate surface area is 104 Å². The van der Waals surface area contributed by atoms with E-state index in [9.17, 15) is 10.4 Å². The van der Waals surface area contributed by atoms with Crippen molar-refractivity contribution < 1.29 is 5.11 Å². The van der Waals surface area contributed by atoms with Gasteiger partial charge in [0.05, 0.1) is 17.1 Å². The summed E-state index contributed by atoms with van der Waals surface area (Å²) in [5.74, 6) is 0.761. The number of nitriles is 1. The highest BCUT2D eigenvalue weighted by Gasteiger charge is 2.52. The summed E-state index contributed by atoms with van der Waals surface area (Å²) in [6, 6.07) is 2.48. The van der Waals surface area contributed by atoms with Gasteiger partial charge in [0.25, 0.3) is 0 Å². The van der Waals surface area contributed by atoms with Crippen LogP contribution in [0.5, 0.6) is 0 Å². The van der Waals surface area contributed by atoms with Gasteiger partial charge < -0.3 is 10.4 Å². The van der Waals surface area contributed by atoms with Gasteiger partial charge in [-0.3, -0.25) is 0 Å². The second-order valence-corrected chi connectivity index (χ2v) is 5.86. The minimum Gasteiger partial charge on any atom is -0.387 e. The molecule has 1 heterocycles. The molecule has 1 saturated carbocycles. The smallest absolute Gasteiger partial charge is 0.0957 e. The summed E-state index contributed by atoms with van der Waals surface area (Å²) in [5, 5.41) is 23.7. The molecule has 0 aromatic heterocycles. The average Bonchev–Trinajstić information content (AvgIpc) is 2.39. The average molecular weight is 236 g/mol. The Balaban J connectivity index is 2.12. The van der Waals surface area contributed by atoms with E-state index in [4.69, 9.17) is 0 Å². The van der Waals surface area contributed by atoms with E-state index in [1.54, 1.807) is 0 Å². The Hall–Kier alpha value is -0.590. The second-order valence-electron chi connectivity index (χ2n) is 5.86. The van der Waals surface area contributed by atoms with Crippen LogP contribution in [0.4, 0.5) is 0 Å². The Morgan fingerprint density at radius 3 is 2.53 bits per heavy atom. The quantitative estimate of drug-likeness (QED) is 0.773. The van der Waals surface area contributed by atoms with Gasteiger partial charge in [-0.2, -0.15) is 5.26 Å². The van der Waals surface area contributed by atoms with E-state index in [0.717, 1.165) is 51.0 Å². The van der Waals surface area contributed by atoms with Crippen molar-refractivity contribution in [2.24, 2.45) is 11.3 Å². The van der Waals surface area contributed by atoms with Crippen molar-refractivity contribution in [3.05, 3.63) is 0 Å². The first-order valence-corrected chi connectivity index (χ1v) is 7.00. The lowest BCUT2D eigenvalue weighted by molar-refractivity contribution is -0.0918. The predicted molar refractivity (Wildman–Crippen MR) is 67.3 cm³/mol. The molecule has 0 aromatic rings. The largest absolute Gasteiger partial charge is 0.387 e. The number of rotatable bonds is 2. The number of aliphatic hydroxyl groups is 1. The second kappa shape index (κ2) is 4.96. The molecule has 2 aliphatic rings. The zero-order chi connectivity index (χ0) is 12.4. The lowest BCUT2D eigenvalue weighted by Gasteiger charge is -2.48. The number of hydrogen-bond donors (Lipinski definition) is 2. The van der Waals surface area contributed by atoms with Crippen LogP contribution in [0, 0.1) is 22.7 Å². The molecule has 1 aliphatic heterocycles. The van der Waals surface area contributed by atoms with Crippen molar-refractivity contribution in [3.63, 3.8) is 0 Å². The molecule has 96 valence electrons. The van der Waals surface area contributed by atoms with Crippen molar-refractivity contribution >= 4 is 0 Å². The molecule has 1 unspecified atom stereocenters. The maximum absolute atomic E-state index is 10.8. The molecule has 2 rings (SSSR count). The van der Waals surface area contributed by atoms with Crippen LogP contribution in [0.2, 0.25) is 0 Å². The maximum atomic E-state index is 10.8. The van der Waals surface area contributed by atoms with Gasteiger partial charge in [-0.15, -0.1) is 0 Å². The molecule has 0 amide bonds. The van der Waals surface area contributed by atoms with Gasteiger partial charge in [0.1, 0.15) is 0 Å². The highest BCUT2D eigenvalue weighted by Crippen LogP contribution is 2.48. The molecule has 17 heavy (non-hydrogen) atoms. The molecular weight excluding hydrogens is 212 g/mol. The summed E-state index contributed by atoms with van der Waals surface area (Å²) < 4.78 is 0. The first kappa shape index (κ1) is 12.9. The third-order valence-electron chi connectivity index (χ3n) is 5.00. The van der Waals surface area contributed by atoms with Crippen LogP contribution >= 0.6 is 0 Å². The van der Waals surface area contributed by atoms with E-state index in [0.29, 0.717) is 6.54 Å². The Bertz CT molecular complexity index is 294. The van der Waals surface area contributed by atoms with Crippen molar-refractivity contribution in [2.45, 2.75) is 57.5 Å². The van der Waals surface area contributed by atoms with E-state index in [1.807, 2.05) is 0 Å². The minimum absolute atomic E-state index is 0.494. The lowest BCUT2D eigenvalue weighted by Crippen LogP contribution is -2.57. The summed E-state index contributed by atoms with van der Waals surface area (Å²) in [7, 11) is 0. The zero-order valence-electron chi connectivity index (χ0n) is 10.8. The fourth-order valence-electron chi connectivity index (χ4n) is 3.56. The molecule has 0 spiro atoms. The molecule has 2 N–H and O–H groups in total. The predicted octanol–water partition coefficient (Wildman–Crippen LogP) is 2.21. The van der Waals surface area contributed by atoms with Gasteiger partial charge >= 0.3 is 0 Å². The third kappa shape index (κ3) is 2.21. The molecule has 3 heteroatoms. The van der Waals surface area contributed by atoms with Gasteiger partial charge in [-0.05, 0) is 51.0 Å². The molecular formula is C14H24N2O. The topological polar surface area (TPSA) is 56.0 Å². The number of β-amino-alcohol motifs (C(OH)–C–C–N with tert-alkyl or cyclic N) is 1. The SMILES string of the molecule is CCC1CCC(C#N)(C2(O)CCCNC2)CC1. The van der Waals surface area contributed by atoms with E-state index in [-0.39, 0.29) is 0 Å². The normalized spacial score (nSPS) is 43.0. The van der Waals surface area contributed by atoms with Crippen LogP contribution in [0.3, 0.4) is 0 Å². The van der Waals surface area contributed by atoms with E-state index in [1.165, 1.54) is 6.42 Å². The summed E-state index contributed by atoms with van der Waals surface area (Å²) in [6.07, 6.45) is 6.93. The number of piperidine rings is 1. The molecule has 1 saturated heterocycles. The highest BCUT2D eigenvalue weighted by atomic mass is 16.3. The Kier molecular flexibility index (Phi) is 3.75. The number of hydrogen-bond acceptors (Lipinski definition) is 3. The van der Waals surface area contributed by atoms with Crippen LogP contribution < -0.4 is 5.32 Å². The highest BCUT2D eigenvalue weighted by molar-refractivity contribution is 5.14. The number of nitrogens with zero attached hydrogens (tertiary/aromatic N) is 1. The molecule has 1 aliphatic carbocycles. The monoisotopic (exact) mass is 236 g/mol.